The number of amides is 1. The first kappa shape index (κ1) is 16.7. The Morgan fingerprint density at radius 1 is 1.35 bits per heavy atom. The third kappa shape index (κ3) is 5.73. The molecule has 0 unspecified atom stereocenters. The molecular weight excluding hydrogens is 296 g/mol. The van der Waals surface area contributed by atoms with E-state index in [1.807, 2.05) is 39.2 Å². The first-order valence-electron chi connectivity index (χ1n) is 6.30. The summed E-state index contributed by atoms with van der Waals surface area (Å²) in [5.41, 5.74) is 6.93. The molecule has 0 saturated heterocycles. The second-order valence-corrected chi connectivity index (χ2v) is 5.56. The van der Waals surface area contributed by atoms with E-state index in [4.69, 9.17) is 23.8 Å². The van der Waals surface area contributed by atoms with Gasteiger partial charge >= 0.3 is 0 Å². The number of halogens is 1. The van der Waals surface area contributed by atoms with E-state index in [2.05, 4.69) is 16.2 Å². The minimum absolute atomic E-state index is 0.0989. The van der Waals surface area contributed by atoms with Gasteiger partial charge in [-0.25, -0.2) is 0 Å². The lowest BCUT2D eigenvalue weighted by atomic mass is 10.2. The van der Waals surface area contributed by atoms with Crippen LogP contribution in [0.5, 0.6) is 0 Å². The van der Waals surface area contributed by atoms with Gasteiger partial charge in [0.2, 0.25) is 5.91 Å². The number of carbonyl (C=O) groups is 1. The summed E-state index contributed by atoms with van der Waals surface area (Å²) < 4.78 is 0. The molecule has 0 heterocycles. The molecule has 0 aromatic heterocycles. The highest BCUT2D eigenvalue weighted by molar-refractivity contribution is 7.80. The van der Waals surface area contributed by atoms with Crippen molar-refractivity contribution in [3.8, 4) is 0 Å². The Morgan fingerprint density at radius 3 is 2.70 bits per heavy atom. The Labute approximate surface area is 129 Å². The number of thiocarbonyl (C=S) groups is 1. The second-order valence-electron chi connectivity index (χ2n) is 4.75. The number of quaternary nitrogens is 1. The maximum absolute atomic E-state index is 11.5. The molecule has 1 aromatic rings. The molecule has 7 heteroatoms. The van der Waals surface area contributed by atoms with Gasteiger partial charge in [-0.2, -0.15) is 0 Å². The molecule has 0 spiro atoms. The molecule has 4 N–H and O–H groups in total. The fourth-order valence-electron chi connectivity index (χ4n) is 1.45. The van der Waals surface area contributed by atoms with Gasteiger partial charge in [-0.15, -0.1) is 0 Å². The van der Waals surface area contributed by atoms with Crippen LogP contribution in [0.15, 0.2) is 18.2 Å². The van der Waals surface area contributed by atoms with Crippen molar-refractivity contribution < 1.29 is 9.69 Å². The van der Waals surface area contributed by atoms with Crippen molar-refractivity contribution in [3.63, 3.8) is 0 Å². The summed E-state index contributed by atoms with van der Waals surface area (Å²) in [4.78, 5) is 12.7. The predicted octanol–water partition coefficient (Wildman–Crippen LogP) is 0.501. The van der Waals surface area contributed by atoms with Crippen LogP contribution in [0.3, 0.4) is 0 Å². The Balaban J connectivity index is 2.40. The van der Waals surface area contributed by atoms with E-state index in [-0.39, 0.29) is 5.91 Å². The van der Waals surface area contributed by atoms with Crippen molar-refractivity contribution in [3.05, 3.63) is 28.8 Å². The minimum atomic E-state index is -0.0989. The van der Waals surface area contributed by atoms with Gasteiger partial charge in [-0.05, 0) is 36.8 Å². The second kappa shape index (κ2) is 8.04. The molecule has 0 bridgehead atoms. The quantitative estimate of drug-likeness (QED) is 0.483. The number of hydrogen-bond acceptors (Lipinski definition) is 2. The minimum Gasteiger partial charge on any atom is -0.339 e. The molecule has 0 aliphatic rings. The van der Waals surface area contributed by atoms with E-state index < -0.39 is 0 Å². The van der Waals surface area contributed by atoms with Crippen molar-refractivity contribution in [2.24, 2.45) is 0 Å². The monoisotopic (exact) mass is 315 g/mol. The Kier molecular flexibility index (Phi) is 6.70. The fourth-order valence-corrected chi connectivity index (χ4v) is 1.78. The van der Waals surface area contributed by atoms with E-state index in [1.165, 1.54) is 4.90 Å². The lowest BCUT2D eigenvalue weighted by Crippen LogP contribution is -3.05. The molecular formula is C13H20ClN4OS+. The van der Waals surface area contributed by atoms with Crippen LogP contribution in [0, 0.1) is 6.92 Å². The number of anilines is 1. The lowest BCUT2D eigenvalue weighted by Gasteiger charge is -2.14. The number of hydrogen-bond donors (Lipinski definition) is 4. The smallest absolute Gasteiger partial charge is 0.244 e. The molecule has 0 saturated carbocycles. The maximum Gasteiger partial charge on any atom is 0.244 e. The average Bonchev–Trinajstić information content (AvgIpc) is 2.39. The highest BCUT2D eigenvalue weighted by atomic mass is 35.5. The first-order chi connectivity index (χ1) is 9.40. The molecule has 0 atom stereocenters. The Morgan fingerprint density at radius 2 is 2.05 bits per heavy atom. The first-order valence-corrected chi connectivity index (χ1v) is 7.08. The van der Waals surface area contributed by atoms with Gasteiger partial charge in [0.1, 0.15) is 0 Å². The largest absolute Gasteiger partial charge is 0.339 e. The van der Waals surface area contributed by atoms with Gasteiger partial charge in [-0.1, -0.05) is 17.7 Å². The van der Waals surface area contributed by atoms with E-state index in [9.17, 15) is 4.79 Å². The Hall–Kier alpha value is -1.37. The summed E-state index contributed by atoms with van der Waals surface area (Å²) in [6.45, 7) is 2.66. The van der Waals surface area contributed by atoms with E-state index in [0.29, 0.717) is 16.6 Å². The molecule has 0 aliphatic carbocycles. The third-order valence-corrected chi connectivity index (χ3v) is 3.30. The van der Waals surface area contributed by atoms with Gasteiger partial charge in [0.15, 0.2) is 5.11 Å². The normalized spacial score (nSPS) is 10.2. The summed E-state index contributed by atoms with van der Waals surface area (Å²) in [5.74, 6) is -0.0989. The van der Waals surface area contributed by atoms with Gasteiger partial charge < -0.3 is 10.2 Å². The van der Waals surface area contributed by atoms with Gasteiger partial charge in [-0.3, -0.25) is 15.6 Å². The fraction of sp³-hybridized carbons (Fsp3) is 0.385. The SMILES string of the molecule is Cc1c(Cl)cccc1NC(=S)NNC(=O)CC[NH+](C)C. The summed E-state index contributed by atoms with van der Waals surface area (Å²) in [5, 5.41) is 3.97. The molecule has 1 rings (SSSR count). The summed E-state index contributed by atoms with van der Waals surface area (Å²) in [6.07, 6.45) is 0.439. The summed E-state index contributed by atoms with van der Waals surface area (Å²) in [6, 6.07) is 5.51. The van der Waals surface area contributed by atoms with Crippen LogP contribution in [0.1, 0.15) is 12.0 Å². The number of carbonyl (C=O) groups excluding carboxylic acids is 1. The number of nitrogens with one attached hydrogen (secondary N) is 4. The van der Waals surface area contributed by atoms with Gasteiger partial charge in [0, 0.05) is 10.7 Å². The number of benzene rings is 1. The lowest BCUT2D eigenvalue weighted by molar-refractivity contribution is -0.857. The molecule has 1 amide bonds. The number of hydrazine groups is 1. The van der Waals surface area contributed by atoms with Crippen LogP contribution in [-0.2, 0) is 4.79 Å². The zero-order chi connectivity index (χ0) is 15.1. The average molecular weight is 316 g/mol. The van der Waals surface area contributed by atoms with Crippen molar-refractivity contribution in [1.82, 2.24) is 10.9 Å². The van der Waals surface area contributed by atoms with Crippen LogP contribution in [0.2, 0.25) is 5.02 Å². The molecule has 0 radical (unpaired) electrons. The van der Waals surface area contributed by atoms with Crippen molar-refractivity contribution >= 4 is 40.5 Å². The van der Waals surface area contributed by atoms with E-state index in [0.717, 1.165) is 17.8 Å². The molecule has 0 fully saturated rings. The predicted molar refractivity (Wildman–Crippen MR) is 86.0 cm³/mol. The highest BCUT2D eigenvalue weighted by Crippen LogP contribution is 2.22. The van der Waals surface area contributed by atoms with Crippen LogP contribution < -0.4 is 21.1 Å². The van der Waals surface area contributed by atoms with Crippen LogP contribution in [-0.4, -0.2) is 31.7 Å². The topological polar surface area (TPSA) is 57.6 Å². The number of rotatable bonds is 4. The Bertz CT molecular complexity index is 493. The summed E-state index contributed by atoms with van der Waals surface area (Å²) in [7, 11) is 3.99. The zero-order valence-electron chi connectivity index (χ0n) is 11.8. The standard InChI is InChI=1S/C13H19ClN4OS/c1-9-10(14)5-4-6-11(9)15-13(20)17-16-12(19)7-8-18(2)3/h4-6H,7-8H2,1-3H3,(H,16,19)(H2,15,17,20)/p+1. The zero-order valence-corrected chi connectivity index (χ0v) is 13.4. The molecule has 110 valence electrons. The summed E-state index contributed by atoms with van der Waals surface area (Å²) >= 11 is 11.1. The van der Waals surface area contributed by atoms with Crippen molar-refractivity contribution in [2.75, 3.05) is 26.0 Å². The van der Waals surface area contributed by atoms with Crippen molar-refractivity contribution in [2.45, 2.75) is 13.3 Å². The van der Waals surface area contributed by atoms with Crippen LogP contribution >= 0.6 is 23.8 Å². The van der Waals surface area contributed by atoms with Gasteiger partial charge in [0.25, 0.3) is 0 Å². The van der Waals surface area contributed by atoms with Gasteiger partial charge in [0.05, 0.1) is 27.1 Å². The van der Waals surface area contributed by atoms with E-state index >= 15 is 0 Å². The third-order valence-electron chi connectivity index (χ3n) is 2.68. The molecule has 1 aromatic carbocycles. The van der Waals surface area contributed by atoms with Crippen molar-refractivity contribution in [1.29, 1.82) is 0 Å². The molecule has 0 aliphatic heterocycles. The highest BCUT2D eigenvalue weighted by Gasteiger charge is 2.06. The van der Waals surface area contributed by atoms with Crippen LogP contribution in [0.25, 0.3) is 0 Å². The van der Waals surface area contributed by atoms with E-state index in [1.54, 1.807) is 0 Å². The molecule has 5 nitrogen and oxygen atoms in total. The molecule has 20 heavy (non-hydrogen) atoms. The maximum atomic E-state index is 11.5. The van der Waals surface area contributed by atoms with Crippen LogP contribution in [0.4, 0.5) is 5.69 Å².